The minimum atomic E-state index is -0.372. The van der Waals surface area contributed by atoms with Crippen LogP contribution in [0.1, 0.15) is 38.2 Å². The van der Waals surface area contributed by atoms with Crippen LogP contribution in [0.25, 0.3) is 0 Å². The highest BCUT2D eigenvalue weighted by atomic mass is 35.5. The van der Waals surface area contributed by atoms with Crippen LogP contribution in [0.5, 0.6) is 0 Å². The summed E-state index contributed by atoms with van der Waals surface area (Å²) in [5, 5.41) is 10.9. The van der Waals surface area contributed by atoms with Crippen molar-refractivity contribution in [3.05, 3.63) is 33.9 Å². The summed E-state index contributed by atoms with van der Waals surface area (Å²) in [7, 11) is 2.07. The Balaban J connectivity index is 2.28. The molecule has 1 saturated carbocycles. The molecule has 1 fully saturated rings. The van der Waals surface area contributed by atoms with Crippen molar-refractivity contribution in [1.29, 1.82) is 0 Å². The lowest BCUT2D eigenvalue weighted by Gasteiger charge is -2.38. The Hall–Kier alpha value is -1.29. The Morgan fingerprint density at radius 3 is 2.70 bits per heavy atom. The van der Waals surface area contributed by atoms with E-state index in [9.17, 15) is 10.1 Å². The Kier molecular flexibility index (Phi) is 4.86. The van der Waals surface area contributed by atoms with Crippen molar-refractivity contribution in [1.82, 2.24) is 0 Å². The van der Waals surface area contributed by atoms with Gasteiger partial charge in [0, 0.05) is 36.8 Å². The summed E-state index contributed by atoms with van der Waals surface area (Å²) >= 11 is 5.98. The number of rotatable bonds is 4. The van der Waals surface area contributed by atoms with E-state index < -0.39 is 0 Å². The average molecular weight is 297 g/mol. The first-order chi connectivity index (χ1) is 9.54. The van der Waals surface area contributed by atoms with E-state index in [0.717, 1.165) is 11.3 Å². The van der Waals surface area contributed by atoms with Gasteiger partial charge in [0.25, 0.3) is 5.69 Å². The van der Waals surface area contributed by atoms with Gasteiger partial charge in [0.1, 0.15) is 0 Å². The van der Waals surface area contributed by atoms with E-state index in [-0.39, 0.29) is 10.6 Å². The molecule has 0 radical (unpaired) electrons. The molecule has 0 spiro atoms. The zero-order chi connectivity index (χ0) is 14.7. The van der Waals surface area contributed by atoms with Crippen LogP contribution in [0.3, 0.4) is 0 Å². The van der Waals surface area contributed by atoms with Gasteiger partial charge in [-0.25, -0.2) is 0 Å². The fourth-order valence-electron chi connectivity index (χ4n) is 3.19. The second kappa shape index (κ2) is 6.44. The molecule has 2 rings (SSSR count). The molecule has 5 heteroatoms. The first-order valence-corrected chi connectivity index (χ1v) is 7.64. The van der Waals surface area contributed by atoms with Gasteiger partial charge in [0.15, 0.2) is 0 Å². The molecule has 0 aromatic heterocycles. The summed E-state index contributed by atoms with van der Waals surface area (Å²) in [6, 6.07) is 5.48. The predicted octanol–water partition coefficient (Wildman–Crippen LogP) is 4.35. The lowest BCUT2D eigenvalue weighted by Crippen LogP contribution is -2.39. The van der Waals surface area contributed by atoms with Crippen LogP contribution in [0, 0.1) is 16.0 Å². The van der Waals surface area contributed by atoms with Gasteiger partial charge < -0.3 is 4.90 Å². The van der Waals surface area contributed by atoms with E-state index >= 15 is 0 Å². The Morgan fingerprint density at radius 2 is 2.10 bits per heavy atom. The maximum absolute atomic E-state index is 10.9. The number of non-ortho nitro benzene ring substituents is 1. The van der Waals surface area contributed by atoms with Gasteiger partial charge in [-0.3, -0.25) is 10.1 Å². The minimum Gasteiger partial charge on any atom is -0.371 e. The fraction of sp³-hybridized carbons (Fsp3) is 0.600. The largest absolute Gasteiger partial charge is 0.371 e. The topological polar surface area (TPSA) is 46.4 Å². The van der Waals surface area contributed by atoms with Crippen molar-refractivity contribution in [3.63, 3.8) is 0 Å². The Labute approximate surface area is 124 Å². The molecule has 0 aliphatic heterocycles. The molecule has 1 aliphatic rings. The van der Waals surface area contributed by atoms with Crippen LogP contribution in [0.15, 0.2) is 18.2 Å². The van der Waals surface area contributed by atoms with Crippen molar-refractivity contribution < 1.29 is 4.92 Å². The molecule has 20 heavy (non-hydrogen) atoms. The molecule has 0 saturated heterocycles. The number of nitrogens with zero attached hydrogens (tertiary/aromatic N) is 2. The van der Waals surface area contributed by atoms with Gasteiger partial charge in [-0.15, -0.1) is 11.6 Å². The number of hydrogen-bond acceptors (Lipinski definition) is 3. The van der Waals surface area contributed by atoms with Crippen LogP contribution in [0.2, 0.25) is 0 Å². The third-order valence-electron chi connectivity index (χ3n) is 4.36. The molecular formula is C15H21ClN2O2. The summed E-state index contributed by atoms with van der Waals surface area (Å²) in [6.07, 6.45) is 4.98. The molecule has 2 atom stereocenters. The van der Waals surface area contributed by atoms with Crippen molar-refractivity contribution in [2.24, 2.45) is 5.92 Å². The third-order valence-corrected chi connectivity index (χ3v) is 4.65. The van der Waals surface area contributed by atoms with Crippen molar-refractivity contribution in [2.75, 3.05) is 11.9 Å². The SMILES string of the molecule is CC1CCCCC1N(C)c1ccc([N+](=O)[O-])cc1CCl. The van der Waals surface area contributed by atoms with Crippen LogP contribution >= 0.6 is 11.6 Å². The van der Waals surface area contributed by atoms with E-state index in [1.165, 1.54) is 25.7 Å². The molecule has 1 aromatic rings. The predicted molar refractivity (Wildman–Crippen MR) is 82.5 cm³/mol. The molecule has 110 valence electrons. The minimum absolute atomic E-state index is 0.106. The van der Waals surface area contributed by atoms with Gasteiger partial charge in [-0.2, -0.15) is 0 Å². The van der Waals surface area contributed by atoms with Crippen molar-refractivity contribution in [3.8, 4) is 0 Å². The summed E-state index contributed by atoms with van der Waals surface area (Å²) in [5.41, 5.74) is 1.96. The van der Waals surface area contributed by atoms with Gasteiger partial charge in [0.2, 0.25) is 0 Å². The number of nitro benzene ring substituents is 1. The average Bonchev–Trinajstić information content (AvgIpc) is 2.46. The van der Waals surface area contributed by atoms with Gasteiger partial charge >= 0.3 is 0 Å². The number of anilines is 1. The lowest BCUT2D eigenvalue weighted by molar-refractivity contribution is -0.384. The van der Waals surface area contributed by atoms with E-state index in [1.54, 1.807) is 12.1 Å². The zero-order valence-electron chi connectivity index (χ0n) is 12.0. The second-order valence-electron chi connectivity index (χ2n) is 5.64. The molecule has 0 amide bonds. The zero-order valence-corrected chi connectivity index (χ0v) is 12.8. The number of nitro groups is 1. The standard InChI is InChI=1S/C15H21ClN2O2/c1-11-5-3-4-6-14(11)17(2)15-8-7-13(18(19)20)9-12(15)10-16/h7-9,11,14H,3-6,10H2,1-2H3. The molecule has 1 aromatic carbocycles. The highest BCUT2D eigenvalue weighted by Crippen LogP contribution is 2.33. The van der Waals surface area contributed by atoms with Crippen LogP contribution in [0.4, 0.5) is 11.4 Å². The molecular weight excluding hydrogens is 276 g/mol. The van der Waals surface area contributed by atoms with Crippen molar-refractivity contribution in [2.45, 2.75) is 44.5 Å². The molecule has 0 bridgehead atoms. The normalized spacial score (nSPS) is 22.6. The quantitative estimate of drug-likeness (QED) is 0.471. The maximum Gasteiger partial charge on any atom is 0.269 e. The number of benzene rings is 1. The van der Waals surface area contributed by atoms with E-state index in [4.69, 9.17) is 11.6 Å². The highest BCUT2D eigenvalue weighted by Gasteiger charge is 2.26. The number of hydrogen-bond donors (Lipinski definition) is 0. The second-order valence-corrected chi connectivity index (χ2v) is 5.91. The van der Waals surface area contributed by atoms with E-state index in [0.29, 0.717) is 17.8 Å². The molecule has 1 aliphatic carbocycles. The molecule has 0 N–H and O–H groups in total. The Morgan fingerprint density at radius 1 is 1.40 bits per heavy atom. The summed E-state index contributed by atoms with van der Waals surface area (Å²) in [4.78, 5) is 12.7. The summed E-state index contributed by atoms with van der Waals surface area (Å²) in [5.74, 6) is 0.940. The fourth-order valence-corrected chi connectivity index (χ4v) is 3.40. The van der Waals surface area contributed by atoms with Gasteiger partial charge in [-0.1, -0.05) is 19.8 Å². The Bertz CT molecular complexity index is 493. The van der Waals surface area contributed by atoms with Crippen molar-refractivity contribution >= 4 is 23.0 Å². The van der Waals surface area contributed by atoms with Crippen LogP contribution < -0.4 is 4.90 Å². The van der Waals surface area contributed by atoms with Crippen LogP contribution in [-0.4, -0.2) is 18.0 Å². The maximum atomic E-state index is 10.9. The van der Waals surface area contributed by atoms with Gasteiger partial charge in [-0.05, 0) is 30.4 Å². The van der Waals surface area contributed by atoms with Gasteiger partial charge in [0.05, 0.1) is 4.92 Å². The first-order valence-electron chi connectivity index (χ1n) is 7.10. The lowest BCUT2D eigenvalue weighted by atomic mass is 9.84. The monoisotopic (exact) mass is 296 g/mol. The van der Waals surface area contributed by atoms with Crippen LogP contribution in [-0.2, 0) is 5.88 Å². The molecule has 0 heterocycles. The summed E-state index contributed by atoms with van der Waals surface area (Å²) < 4.78 is 0. The third kappa shape index (κ3) is 3.06. The first kappa shape index (κ1) is 15.1. The smallest absolute Gasteiger partial charge is 0.269 e. The molecule has 2 unspecified atom stereocenters. The number of alkyl halides is 1. The highest BCUT2D eigenvalue weighted by molar-refractivity contribution is 6.17. The van der Waals surface area contributed by atoms with E-state index in [2.05, 4.69) is 18.9 Å². The van der Waals surface area contributed by atoms with E-state index in [1.807, 2.05) is 6.07 Å². The number of halogens is 1. The molecule has 4 nitrogen and oxygen atoms in total. The summed E-state index contributed by atoms with van der Waals surface area (Å²) in [6.45, 7) is 2.28.